The largest absolute Gasteiger partial charge is 0.467 e. The number of furan rings is 1. The normalized spacial score (nSPS) is 12.8. The number of hydrogen-bond acceptors (Lipinski definition) is 4. The highest BCUT2D eigenvalue weighted by atomic mass is 127. The molecule has 0 spiro atoms. The maximum Gasteiger partial charge on any atom is 0.416 e. The third-order valence-electron chi connectivity index (χ3n) is 4.70. The van der Waals surface area contributed by atoms with Gasteiger partial charge in [0, 0.05) is 19.5 Å². The molecule has 1 unspecified atom stereocenters. The summed E-state index contributed by atoms with van der Waals surface area (Å²) in [4.78, 5) is 4.50. The molecule has 0 saturated heterocycles. The molecule has 174 valence electrons. The van der Waals surface area contributed by atoms with Gasteiger partial charge in [0.2, 0.25) is 0 Å². The summed E-state index contributed by atoms with van der Waals surface area (Å²) in [7, 11) is 0. The number of aryl methyl sites for hydroxylation is 1. The lowest BCUT2D eigenvalue weighted by atomic mass is 10.1. The van der Waals surface area contributed by atoms with Crippen molar-refractivity contribution in [2.24, 2.45) is 4.99 Å². The molecule has 3 aromatic rings. The standard InChI is InChI=1S/C21H25F3N6O.HI/c1-3-19-29-27-14-30(19)10-9-25-20(26-13-18-8-5-11-31-18)28-15(2)16-6-4-7-17(12-16)21(22,23)24;/h4-8,11-12,14-15H,3,9-10,13H2,1-2H3,(H2,25,26,28);1H. The smallest absolute Gasteiger partial charge is 0.416 e. The summed E-state index contributed by atoms with van der Waals surface area (Å²) in [6.45, 7) is 5.24. The van der Waals surface area contributed by atoms with Gasteiger partial charge in [-0.05, 0) is 36.8 Å². The van der Waals surface area contributed by atoms with E-state index in [9.17, 15) is 13.2 Å². The van der Waals surface area contributed by atoms with E-state index in [1.54, 1.807) is 31.6 Å². The van der Waals surface area contributed by atoms with Crippen LogP contribution >= 0.6 is 24.0 Å². The van der Waals surface area contributed by atoms with Gasteiger partial charge in [-0.15, -0.1) is 34.2 Å². The zero-order valence-electron chi connectivity index (χ0n) is 17.8. The lowest BCUT2D eigenvalue weighted by Gasteiger charge is -2.20. The van der Waals surface area contributed by atoms with E-state index in [0.29, 0.717) is 36.9 Å². The van der Waals surface area contributed by atoms with Crippen molar-refractivity contribution in [3.8, 4) is 0 Å². The average molecular weight is 562 g/mol. The lowest BCUT2D eigenvalue weighted by molar-refractivity contribution is -0.137. The molecule has 2 N–H and O–H groups in total. The number of aliphatic imine (C=N–C) groups is 1. The van der Waals surface area contributed by atoms with Crippen molar-refractivity contribution in [3.63, 3.8) is 0 Å². The van der Waals surface area contributed by atoms with Crippen molar-refractivity contribution >= 4 is 29.9 Å². The Bertz CT molecular complexity index is 988. The highest BCUT2D eigenvalue weighted by Gasteiger charge is 2.30. The van der Waals surface area contributed by atoms with Gasteiger partial charge in [-0.3, -0.25) is 0 Å². The van der Waals surface area contributed by atoms with Gasteiger partial charge in [0.15, 0.2) is 5.96 Å². The van der Waals surface area contributed by atoms with Crippen LogP contribution in [0.1, 0.15) is 42.6 Å². The number of nitrogens with zero attached hydrogens (tertiary/aromatic N) is 4. The fraction of sp³-hybridized carbons (Fsp3) is 0.381. The molecule has 0 bridgehead atoms. The van der Waals surface area contributed by atoms with E-state index in [1.165, 1.54) is 6.07 Å². The number of benzene rings is 1. The van der Waals surface area contributed by atoms with Crippen LogP contribution in [0.5, 0.6) is 0 Å². The van der Waals surface area contributed by atoms with Crippen molar-refractivity contribution in [3.05, 3.63) is 71.7 Å². The molecule has 0 aliphatic heterocycles. The molecule has 0 fully saturated rings. The minimum atomic E-state index is -4.39. The van der Waals surface area contributed by atoms with Gasteiger partial charge in [0.1, 0.15) is 24.5 Å². The number of hydrogen-bond donors (Lipinski definition) is 2. The highest BCUT2D eigenvalue weighted by molar-refractivity contribution is 14.0. The second-order valence-corrected chi connectivity index (χ2v) is 6.95. The topological polar surface area (TPSA) is 80.3 Å². The van der Waals surface area contributed by atoms with E-state index >= 15 is 0 Å². The van der Waals surface area contributed by atoms with Crippen LogP contribution in [0, 0.1) is 0 Å². The third kappa shape index (κ3) is 7.24. The van der Waals surface area contributed by atoms with Crippen molar-refractivity contribution in [1.29, 1.82) is 0 Å². The van der Waals surface area contributed by atoms with Gasteiger partial charge in [-0.2, -0.15) is 13.2 Å². The van der Waals surface area contributed by atoms with Crippen molar-refractivity contribution in [2.75, 3.05) is 6.54 Å². The molecule has 0 amide bonds. The van der Waals surface area contributed by atoms with Crippen LogP contribution in [0.25, 0.3) is 0 Å². The second kappa shape index (κ2) is 11.9. The van der Waals surface area contributed by atoms with E-state index in [4.69, 9.17) is 4.42 Å². The fourth-order valence-corrected chi connectivity index (χ4v) is 3.02. The van der Waals surface area contributed by atoms with Crippen LogP contribution in [0.2, 0.25) is 0 Å². The van der Waals surface area contributed by atoms with E-state index in [2.05, 4.69) is 25.8 Å². The molecule has 0 saturated carbocycles. The molecule has 11 heteroatoms. The fourth-order valence-electron chi connectivity index (χ4n) is 3.02. The first-order valence-corrected chi connectivity index (χ1v) is 9.98. The molecule has 0 aliphatic rings. The van der Waals surface area contributed by atoms with Crippen molar-refractivity contribution < 1.29 is 17.6 Å². The Balaban J connectivity index is 0.00000363. The van der Waals surface area contributed by atoms with Crippen LogP contribution in [0.4, 0.5) is 13.2 Å². The number of halogens is 4. The minimum absolute atomic E-state index is 0. The van der Waals surface area contributed by atoms with Crippen molar-refractivity contribution in [1.82, 2.24) is 25.4 Å². The Hall–Kier alpha value is -2.57. The summed E-state index contributed by atoms with van der Waals surface area (Å²) in [6.07, 6.45) is -0.391. The Kier molecular flexibility index (Phi) is 9.54. The van der Waals surface area contributed by atoms with Gasteiger partial charge in [0.25, 0.3) is 0 Å². The summed E-state index contributed by atoms with van der Waals surface area (Å²) >= 11 is 0. The Morgan fingerprint density at radius 3 is 2.75 bits per heavy atom. The number of nitrogens with one attached hydrogen (secondary N) is 2. The summed E-state index contributed by atoms with van der Waals surface area (Å²) in [6, 6.07) is 8.45. The summed E-state index contributed by atoms with van der Waals surface area (Å²) in [5.74, 6) is 2.02. The number of guanidine groups is 1. The molecule has 2 heterocycles. The summed E-state index contributed by atoms with van der Waals surface area (Å²) in [5, 5.41) is 14.4. The molecular weight excluding hydrogens is 536 g/mol. The number of alkyl halides is 3. The summed E-state index contributed by atoms with van der Waals surface area (Å²) < 4.78 is 46.4. The van der Waals surface area contributed by atoms with Gasteiger partial charge in [-0.25, -0.2) is 4.99 Å². The molecule has 0 aliphatic carbocycles. The lowest BCUT2D eigenvalue weighted by Crippen LogP contribution is -2.40. The second-order valence-electron chi connectivity index (χ2n) is 6.95. The third-order valence-corrected chi connectivity index (χ3v) is 4.70. The van der Waals surface area contributed by atoms with Crippen molar-refractivity contribution in [2.45, 2.75) is 45.6 Å². The van der Waals surface area contributed by atoms with Gasteiger partial charge >= 0.3 is 6.18 Å². The van der Waals surface area contributed by atoms with Gasteiger partial charge in [0.05, 0.1) is 17.9 Å². The zero-order valence-corrected chi connectivity index (χ0v) is 20.1. The maximum atomic E-state index is 13.1. The molecule has 3 rings (SSSR count). The van der Waals surface area contributed by atoms with E-state index in [1.807, 2.05) is 17.6 Å². The average Bonchev–Trinajstić information content (AvgIpc) is 3.43. The quantitative estimate of drug-likeness (QED) is 0.239. The van der Waals surface area contributed by atoms with Crippen LogP contribution in [-0.4, -0.2) is 27.3 Å². The predicted octanol–water partition coefficient (Wildman–Crippen LogP) is 4.57. The molecule has 32 heavy (non-hydrogen) atoms. The maximum absolute atomic E-state index is 13.1. The number of rotatable bonds is 8. The Labute approximate surface area is 201 Å². The van der Waals surface area contributed by atoms with E-state index in [0.717, 1.165) is 24.4 Å². The molecule has 1 aromatic carbocycles. The first kappa shape index (κ1) is 25.7. The first-order chi connectivity index (χ1) is 14.9. The van der Waals surface area contributed by atoms with Crippen LogP contribution < -0.4 is 10.6 Å². The van der Waals surface area contributed by atoms with E-state index in [-0.39, 0.29) is 24.0 Å². The summed E-state index contributed by atoms with van der Waals surface area (Å²) in [5.41, 5.74) is -0.171. The minimum Gasteiger partial charge on any atom is -0.467 e. The van der Waals surface area contributed by atoms with Gasteiger partial charge in [-0.1, -0.05) is 19.1 Å². The molecule has 1 atom stereocenters. The monoisotopic (exact) mass is 562 g/mol. The molecule has 0 radical (unpaired) electrons. The molecular formula is C21H26F3IN6O. The zero-order chi connectivity index (χ0) is 22.3. The molecule has 2 aromatic heterocycles. The Morgan fingerprint density at radius 2 is 2.06 bits per heavy atom. The highest BCUT2D eigenvalue weighted by Crippen LogP contribution is 2.30. The van der Waals surface area contributed by atoms with Crippen LogP contribution in [0.3, 0.4) is 0 Å². The van der Waals surface area contributed by atoms with Gasteiger partial charge < -0.3 is 19.6 Å². The van der Waals surface area contributed by atoms with E-state index < -0.39 is 17.8 Å². The SMILES string of the molecule is CCc1nncn1CCNC(=NCc1ccco1)NC(C)c1cccc(C(F)(F)F)c1.I. The first-order valence-electron chi connectivity index (χ1n) is 9.98. The molecule has 7 nitrogen and oxygen atoms in total. The number of aromatic nitrogens is 3. The Morgan fingerprint density at radius 1 is 1.25 bits per heavy atom. The predicted molar refractivity (Wildman–Crippen MR) is 126 cm³/mol. The van der Waals surface area contributed by atoms with Crippen LogP contribution in [-0.2, 0) is 25.7 Å². The van der Waals surface area contributed by atoms with Crippen LogP contribution in [0.15, 0.2) is 58.4 Å².